The lowest BCUT2D eigenvalue weighted by Gasteiger charge is -2.31. The Bertz CT molecular complexity index is 649. The number of nitrogens with zero attached hydrogens (tertiary/aromatic N) is 2. The zero-order chi connectivity index (χ0) is 16.2. The number of nitrogens with one attached hydrogen (secondary N) is 1. The summed E-state index contributed by atoms with van der Waals surface area (Å²) in [6.07, 6.45) is 3.45. The summed E-state index contributed by atoms with van der Waals surface area (Å²) in [4.78, 5) is 8.24. The Morgan fingerprint density at radius 3 is 2.77 bits per heavy atom. The van der Waals surface area contributed by atoms with Crippen molar-refractivity contribution in [1.82, 2.24) is 9.97 Å². The number of rotatable bonds is 7. The summed E-state index contributed by atoms with van der Waals surface area (Å²) in [5.74, 6) is 0.0944. The highest BCUT2D eigenvalue weighted by atomic mass is 19.1. The minimum Gasteiger partial charge on any atom is -0.396 e. The lowest BCUT2D eigenvalue weighted by atomic mass is 9.91. The van der Waals surface area contributed by atoms with E-state index in [-0.39, 0.29) is 23.9 Å². The molecule has 0 fully saturated rings. The fraction of sp³-hybridized carbons (Fsp3) is 0.500. The standard InChI is InChI=1S/C16H23FN4O/c1-3-4-8-16(2,9-10-22)21-14-13-11(17)6-5-7-12(13)19-15(18)20-14/h5-7,22H,3-4,8-10H2,1-2H3,(H3,18,19,20,21). The summed E-state index contributed by atoms with van der Waals surface area (Å²) in [5.41, 5.74) is 5.83. The number of aromatic nitrogens is 2. The van der Waals surface area contributed by atoms with Crippen LogP contribution in [-0.4, -0.2) is 27.2 Å². The van der Waals surface area contributed by atoms with E-state index in [4.69, 9.17) is 5.73 Å². The molecule has 0 aliphatic rings. The Hall–Kier alpha value is -1.95. The molecule has 2 rings (SSSR count). The molecule has 1 atom stereocenters. The molecule has 0 spiro atoms. The maximum atomic E-state index is 14.2. The molecule has 0 radical (unpaired) electrons. The van der Waals surface area contributed by atoms with Crippen molar-refractivity contribution in [2.24, 2.45) is 0 Å². The van der Waals surface area contributed by atoms with E-state index in [1.165, 1.54) is 6.07 Å². The zero-order valence-electron chi connectivity index (χ0n) is 13.1. The molecule has 1 heterocycles. The van der Waals surface area contributed by atoms with Crippen LogP contribution in [0, 0.1) is 5.82 Å². The number of halogens is 1. The van der Waals surface area contributed by atoms with E-state index < -0.39 is 0 Å². The summed E-state index contributed by atoms with van der Waals surface area (Å²) in [5, 5.41) is 12.9. The van der Waals surface area contributed by atoms with Crippen LogP contribution in [0.2, 0.25) is 0 Å². The predicted octanol–water partition coefficient (Wildman–Crippen LogP) is 3.09. The van der Waals surface area contributed by atoms with Crippen molar-refractivity contribution < 1.29 is 9.50 Å². The molecule has 6 heteroatoms. The van der Waals surface area contributed by atoms with E-state index in [9.17, 15) is 9.50 Å². The minimum absolute atomic E-state index is 0.0498. The number of fused-ring (bicyclic) bond motifs is 1. The summed E-state index contributed by atoms with van der Waals surface area (Å²) in [6, 6.07) is 4.68. The first-order chi connectivity index (χ1) is 10.5. The first-order valence-electron chi connectivity index (χ1n) is 7.60. The molecule has 2 aromatic rings. The second-order valence-corrected chi connectivity index (χ2v) is 5.83. The zero-order valence-corrected chi connectivity index (χ0v) is 13.1. The minimum atomic E-state index is -0.387. The van der Waals surface area contributed by atoms with Crippen LogP contribution in [0.1, 0.15) is 39.5 Å². The van der Waals surface area contributed by atoms with Gasteiger partial charge in [0.05, 0.1) is 10.9 Å². The van der Waals surface area contributed by atoms with Gasteiger partial charge in [-0.15, -0.1) is 0 Å². The van der Waals surface area contributed by atoms with Gasteiger partial charge in [-0.25, -0.2) is 9.37 Å². The van der Waals surface area contributed by atoms with Crippen LogP contribution in [-0.2, 0) is 0 Å². The van der Waals surface area contributed by atoms with Crippen molar-refractivity contribution in [3.63, 3.8) is 0 Å². The molecule has 0 amide bonds. The average Bonchev–Trinajstić information content (AvgIpc) is 2.45. The van der Waals surface area contributed by atoms with Crippen molar-refractivity contribution in [3.8, 4) is 0 Å². The summed E-state index contributed by atoms with van der Waals surface area (Å²) >= 11 is 0. The van der Waals surface area contributed by atoms with Gasteiger partial charge in [-0.2, -0.15) is 4.98 Å². The SMILES string of the molecule is CCCCC(C)(CCO)Nc1nc(N)nc2cccc(F)c12. The molecule has 0 saturated heterocycles. The maximum absolute atomic E-state index is 14.2. The number of hydrogen-bond acceptors (Lipinski definition) is 5. The summed E-state index contributed by atoms with van der Waals surface area (Å²) in [6.45, 7) is 4.16. The third-order valence-corrected chi connectivity index (χ3v) is 3.86. The van der Waals surface area contributed by atoms with Crippen LogP contribution in [0.4, 0.5) is 16.2 Å². The second-order valence-electron chi connectivity index (χ2n) is 5.83. The Morgan fingerprint density at radius 2 is 2.09 bits per heavy atom. The number of benzene rings is 1. The lowest BCUT2D eigenvalue weighted by Crippen LogP contribution is -2.36. The van der Waals surface area contributed by atoms with E-state index in [0.29, 0.717) is 23.1 Å². The molecule has 4 N–H and O–H groups in total. The third kappa shape index (κ3) is 3.62. The van der Waals surface area contributed by atoms with E-state index in [1.54, 1.807) is 12.1 Å². The summed E-state index contributed by atoms with van der Waals surface area (Å²) in [7, 11) is 0. The summed E-state index contributed by atoms with van der Waals surface area (Å²) < 4.78 is 14.2. The molecule has 22 heavy (non-hydrogen) atoms. The number of unbranched alkanes of at least 4 members (excludes halogenated alkanes) is 1. The molecular weight excluding hydrogens is 283 g/mol. The topological polar surface area (TPSA) is 84.1 Å². The van der Waals surface area contributed by atoms with Crippen molar-refractivity contribution in [2.45, 2.75) is 45.1 Å². The molecular formula is C16H23FN4O. The number of aliphatic hydroxyl groups is 1. The van der Waals surface area contributed by atoms with E-state index >= 15 is 0 Å². The first kappa shape index (κ1) is 16.4. The number of hydrogen-bond donors (Lipinski definition) is 3. The van der Waals surface area contributed by atoms with Crippen LogP contribution >= 0.6 is 0 Å². The molecule has 0 aliphatic heterocycles. The van der Waals surface area contributed by atoms with Gasteiger partial charge in [0.1, 0.15) is 11.6 Å². The second kappa shape index (κ2) is 6.87. The van der Waals surface area contributed by atoms with Gasteiger partial charge in [-0.3, -0.25) is 0 Å². The molecule has 1 aromatic carbocycles. The molecule has 1 unspecified atom stereocenters. The number of nitrogen functional groups attached to an aromatic ring is 1. The molecule has 0 aliphatic carbocycles. The van der Waals surface area contributed by atoms with Crippen molar-refractivity contribution >= 4 is 22.7 Å². The van der Waals surface area contributed by atoms with Gasteiger partial charge in [-0.1, -0.05) is 25.8 Å². The number of nitrogens with two attached hydrogens (primary N) is 1. The number of aliphatic hydroxyl groups excluding tert-OH is 1. The Kier molecular flexibility index (Phi) is 5.13. The predicted molar refractivity (Wildman–Crippen MR) is 87.2 cm³/mol. The fourth-order valence-electron chi connectivity index (χ4n) is 2.60. The third-order valence-electron chi connectivity index (χ3n) is 3.86. The Morgan fingerprint density at radius 1 is 1.32 bits per heavy atom. The Labute approximate surface area is 129 Å². The highest BCUT2D eigenvalue weighted by Gasteiger charge is 2.25. The van der Waals surface area contributed by atoms with Crippen molar-refractivity contribution in [3.05, 3.63) is 24.0 Å². The molecule has 0 bridgehead atoms. The first-order valence-corrected chi connectivity index (χ1v) is 7.60. The van der Waals surface area contributed by atoms with Crippen molar-refractivity contribution in [2.75, 3.05) is 17.7 Å². The molecule has 0 saturated carbocycles. The van der Waals surface area contributed by atoms with Crippen LogP contribution in [0.15, 0.2) is 18.2 Å². The lowest BCUT2D eigenvalue weighted by molar-refractivity contribution is 0.247. The van der Waals surface area contributed by atoms with Crippen molar-refractivity contribution in [1.29, 1.82) is 0 Å². The largest absolute Gasteiger partial charge is 0.396 e. The van der Waals surface area contributed by atoms with Crippen LogP contribution in [0.25, 0.3) is 10.9 Å². The van der Waals surface area contributed by atoms with E-state index in [1.807, 2.05) is 6.92 Å². The highest BCUT2D eigenvalue weighted by Crippen LogP contribution is 2.29. The molecule has 5 nitrogen and oxygen atoms in total. The van der Waals surface area contributed by atoms with Gasteiger partial charge in [0.15, 0.2) is 0 Å². The maximum Gasteiger partial charge on any atom is 0.222 e. The van der Waals surface area contributed by atoms with Gasteiger partial charge < -0.3 is 16.2 Å². The molecule has 1 aromatic heterocycles. The Balaban J connectivity index is 2.44. The quantitative estimate of drug-likeness (QED) is 0.732. The monoisotopic (exact) mass is 306 g/mol. The van der Waals surface area contributed by atoms with Gasteiger partial charge in [0.25, 0.3) is 0 Å². The van der Waals surface area contributed by atoms with Crippen LogP contribution in [0.3, 0.4) is 0 Å². The van der Waals surface area contributed by atoms with E-state index in [0.717, 1.165) is 19.3 Å². The average molecular weight is 306 g/mol. The van der Waals surface area contributed by atoms with Gasteiger partial charge >= 0.3 is 0 Å². The van der Waals surface area contributed by atoms with Gasteiger partial charge in [0, 0.05) is 12.1 Å². The smallest absolute Gasteiger partial charge is 0.222 e. The fourth-order valence-corrected chi connectivity index (χ4v) is 2.60. The normalized spacial score (nSPS) is 14.0. The van der Waals surface area contributed by atoms with Gasteiger partial charge in [0.2, 0.25) is 5.95 Å². The number of anilines is 2. The molecule has 120 valence electrons. The highest BCUT2D eigenvalue weighted by molar-refractivity contribution is 5.90. The van der Waals surface area contributed by atoms with Gasteiger partial charge in [-0.05, 0) is 31.9 Å². The van der Waals surface area contributed by atoms with E-state index in [2.05, 4.69) is 22.2 Å². The van der Waals surface area contributed by atoms with Crippen LogP contribution in [0.5, 0.6) is 0 Å². The van der Waals surface area contributed by atoms with Crippen LogP contribution < -0.4 is 11.1 Å².